The lowest BCUT2D eigenvalue weighted by atomic mass is 10.2. The Balaban J connectivity index is 2.81. The van der Waals surface area contributed by atoms with Gasteiger partial charge in [0.25, 0.3) is 0 Å². The van der Waals surface area contributed by atoms with Gasteiger partial charge < -0.3 is 9.47 Å². The topological polar surface area (TPSA) is 55.8 Å². The van der Waals surface area contributed by atoms with Crippen LogP contribution < -0.4 is 0 Å². The fourth-order valence-corrected chi connectivity index (χ4v) is 2.90. The third-order valence-corrected chi connectivity index (χ3v) is 4.08. The molecule has 0 saturated carbocycles. The molecule has 88 valence electrons. The van der Waals surface area contributed by atoms with E-state index in [0.29, 0.717) is 19.6 Å². The van der Waals surface area contributed by atoms with Crippen LogP contribution in [0.2, 0.25) is 0 Å². The Labute approximate surface area is 90.7 Å². The molecule has 0 aromatic rings. The van der Waals surface area contributed by atoms with Gasteiger partial charge in [0.1, 0.15) is 0 Å². The van der Waals surface area contributed by atoms with Gasteiger partial charge >= 0.3 is 0 Å². The van der Waals surface area contributed by atoms with Crippen LogP contribution in [0, 0.1) is 0 Å². The zero-order chi connectivity index (χ0) is 11.5. The van der Waals surface area contributed by atoms with Gasteiger partial charge in [0.2, 0.25) is 10.0 Å². The number of nitrogens with zero attached hydrogens (tertiary/aromatic N) is 1. The molecular formula is C9H17NO4S. The lowest BCUT2D eigenvalue weighted by Gasteiger charge is -2.20. The number of rotatable bonds is 5. The first-order valence-corrected chi connectivity index (χ1v) is 6.21. The molecule has 0 radical (unpaired) electrons. The highest BCUT2D eigenvalue weighted by molar-refractivity contribution is 7.92. The first-order valence-electron chi connectivity index (χ1n) is 4.71. The summed E-state index contributed by atoms with van der Waals surface area (Å²) in [7, 11) is -0.239. The van der Waals surface area contributed by atoms with Gasteiger partial charge in [0.15, 0.2) is 0 Å². The summed E-state index contributed by atoms with van der Waals surface area (Å²) in [6, 6.07) is -0.150. The van der Waals surface area contributed by atoms with Crippen LogP contribution >= 0.6 is 0 Å². The molecule has 2 atom stereocenters. The monoisotopic (exact) mass is 235 g/mol. The maximum Gasteiger partial charge on any atom is 0.236 e. The number of sulfonamides is 1. The van der Waals surface area contributed by atoms with E-state index in [1.54, 1.807) is 14.2 Å². The predicted molar refractivity (Wildman–Crippen MR) is 56.9 cm³/mol. The molecule has 0 unspecified atom stereocenters. The van der Waals surface area contributed by atoms with Crippen molar-refractivity contribution in [1.82, 2.24) is 4.31 Å². The first kappa shape index (κ1) is 12.6. The molecule has 0 aromatic carbocycles. The lowest BCUT2D eigenvalue weighted by Crippen LogP contribution is -2.37. The Morgan fingerprint density at radius 3 is 2.67 bits per heavy atom. The molecular weight excluding hydrogens is 218 g/mol. The Hall–Kier alpha value is -0.430. The van der Waals surface area contributed by atoms with Gasteiger partial charge in [-0.3, -0.25) is 0 Å². The fraction of sp³-hybridized carbons (Fsp3) is 0.778. The zero-order valence-electron chi connectivity index (χ0n) is 9.05. The average molecular weight is 235 g/mol. The molecule has 5 nitrogen and oxygen atoms in total. The van der Waals surface area contributed by atoms with Crippen molar-refractivity contribution in [2.24, 2.45) is 0 Å². The molecule has 0 aliphatic carbocycles. The second kappa shape index (κ2) is 5.07. The maximum absolute atomic E-state index is 11.6. The molecule has 0 spiro atoms. The summed E-state index contributed by atoms with van der Waals surface area (Å²) in [5, 5.41) is 0.966. The fourth-order valence-electron chi connectivity index (χ4n) is 1.77. The standard InChI is InChI=1S/C9H17NO4S/c1-4-15(11,12)10-6-9(14-3)5-8(10)7-13-2/h4,8-9H,1,5-7H2,2-3H3/t8-,9-/m0/s1. The predicted octanol–water partition coefficient (Wildman–Crippen LogP) is 0.195. The molecule has 6 heteroatoms. The summed E-state index contributed by atoms with van der Waals surface area (Å²) in [5.41, 5.74) is 0. The van der Waals surface area contributed by atoms with Crippen molar-refractivity contribution in [3.63, 3.8) is 0 Å². The Bertz CT molecular complexity index is 314. The summed E-state index contributed by atoms with van der Waals surface area (Å²) >= 11 is 0. The third-order valence-electron chi connectivity index (χ3n) is 2.56. The Morgan fingerprint density at radius 2 is 2.20 bits per heavy atom. The second-order valence-corrected chi connectivity index (χ2v) is 5.32. The summed E-state index contributed by atoms with van der Waals surface area (Å²) < 4.78 is 34.8. The Kier molecular flexibility index (Phi) is 4.27. The van der Waals surface area contributed by atoms with E-state index in [9.17, 15) is 8.42 Å². The van der Waals surface area contributed by atoms with Crippen LogP contribution in [-0.2, 0) is 19.5 Å². The minimum absolute atomic E-state index is 0.0557. The highest BCUT2D eigenvalue weighted by atomic mass is 32.2. The van der Waals surface area contributed by atoms with Crippen LogP contribution in [0.4, 0.5) is 0 Å². The highest BCUT2D eigenvalue weighted by Gasteiger charge is 2.38. The van der Waals surface area contributed by atoms with Gasteiger partial charge in [0.05, 0.1) is 18.8 Å². The van der Waals surface area contributed by atoms with E-state index in [0.717, 1.165) is 5.41 Å². The van der Waals surface area contributed by atoms with Crippen LogP contribution in [0.3, 0.4) is 0 Å². The van der Waals surface area contributed by atoms with E-state index in [1.807, 2.05) is 0 Å². The van der Waals surface area contributed by atoms with Gasteiger partial charge in [-0.05, 0) is 6.42 Å². The SMILES string of the molecule is C=CS(=O)(=O)N1C[C@@H](OC)C[C@H]1COC. The molecule has 0 aromatic heterocycles. The first-order chi connectivity index (χ1) is 7.05. The van der Waals surface area contributed by atoms with E-state index in [4.69, 9.17) is 9.47 Å². The minimum atomic E-state index is -3.38. The number of ether oxygens (including phenoxy) is 2. The van der Waals surface area contributed by atoms with Gasteiger partial charge in [-0.2, -0.15) is 4.31 Å². The quantitative estimate of drug-likeness (QED) is 0.683. The van der Waals surface area contributed by atoms with Crippen molar-refractivity contribution >= 4 is 10.0 Å². The Morgan fingerprint density at radius 1 is 1.53 bits per heavy atom. The van der Waals surface area contributed by atoms with Gasteiger partial charge in [-0.25, -0.2) is 8.42 Å². The van der Waals surface area contributed by atoms with Crippen LogP contribution in [0.5, 0.6) is 0 Å². The number of methoxy groups -OCH3 is 2. The molecule has 0 bridgehead atoms. The van der Waals surface area contributed by atoms with E-state index in [1.165, 1.54) is 4.31 Å². The van der Waals surface area contributed by atoms with E-state index in [-0.39, 0.29) is 12.1 Å². The molecule has 1 rings (SSSR count). The molecule has 1 heterocycles. The highest BCUT2D eigenvalue weighted by Crippen LogP contribution is 2.23. The second-order valence-electron chi connectivity index (χ2n) is 3.48. The van der Waals surface area contributed by atoms with Gasteiger partial charge in [0, 0.05) is 26.2 Å². The maximum atomic E-state index is 11.6. The molecule has 1 aliphatic heterocycles. The lowest BCUT2D eigenvalue weighted by molar-refractivity contribution is 0.110. The molecule has 1 aliphatic rings. The number of hydrogen-bond acceptors (Lipinski definition) is 4. The van der Waals surface area contributed by atoms with Crippen molar-refractivity contribution in [2.45, 2.75) is 18.6 Å². The molecule has 15 heavy (non-hydrogen) atoms. The van der Waals surface area contributed by atoms with Crippen LogP contribution in [0.25, 0.3) is 0 Å². The zero-order valence-corrected chi connectivity index (χ0v) is 9.87. The van der Waals surface area contributed by atoms with Crippen molar-refractivity contribution < 1.29 is 17.9 Å². The summed E-state index contributed by atoms with van der Waals surface area (Å²) in [5.74, 6) is 0. The summed E-state index contributed by atoms with van der Waals surface area (Å²) in [6.45, 7) is 4.07. The van der Waals surface area contributed by atoms with Crippen molar-refractivity contribution in [3.8, 4) is 0 Å². The average Bonchev–Trinajstić information content (AvgIpc) is 2.62. The largest absolute Gasteiger partial charge is 0.383 e. The van der Waals surface area contributed by atoms with Crippen molar-refractivity contribution in [3.05, 3.63) is 12.0 Å². The smallest absolute Gasteiger partial charge is 0.236 e. The summed E-state index contributed by atoms with van der Waals surface area (Å²) in [6.07, 6.45) is 0.608. The molecule has 0 amide bonds. The van der Waals surface area contributed by atoms with Crippen molar-refractivity contribution in [1.29, 1.82) is 0 Å². The van der Waals surface area contributed by atoms with Crippen LogP contribution in [0.15, 0.2) is 12.0 Å². The number of hydrogen-bond donors (Lipinski definition) is 0. The van der Waals surface area contributed by atoms with E-state index in [2.05, 4.69) is 6.58 Å². The third kappa shape index (κ3) is 2.78. The van der Waals surface area contributed by atoms with Crippen LogP contribution in [-0.4, -0.2) is 52.2 Å². The minimum Gasteiger partial charge on any atom is -0.383 e. The normalized spacial score (nSPS) is 28.1. The van der Waals surface area contributed by atoms with E-state index >= 15 is 0 Å². The van der Waals surface area contributed by atoms with Crippen LogP contribution in [0.1, 0.15) is 6.42 Å². The van der Waals surface area contributed by atoms with E-state index < -0.39 is 10.0 Å². The molecule has 1 saturated heterocycles. The van der Waals surface area contributed by atoms with Gasteiger partial charge in [-0.1, -0.05) is 6.58 Å². The van der Waals surface area contributed by atoms with Gasteiger partial charge in [-0.15, -0.1) is 0 Å². The van der Waals surface area contributed by atoms with Crippen molar-refractivity contribution in [2.75, 3.05) is 27.4 Å². The molecule has 1 fully saturated rings. The molecule has 0 N–H and O–H groups in total. The summed E-state index contributed by atoms with van der Waals surface area (Å²) in [4.78, 5) is 0.